The Balaban J connectivity index is 2.05. The quantitative estimate of drug-likeness (QED) is 0.719. The number of nitrogens with one attached hydrogen (secondary N) is 2. The number of para-hydroxylation sites is 1. The van der Waals surface area contributed by atoms with Crippen molar-refractivity contribution >= 4 is 28.7 Å². The third-order valence-corrected chi connectivity index (χ3v) is 3.52. The lowest BCUT2D eigenvalue weighted by Crippen LogP contribution is -2.39. The zero-order valence-corrected chi connectivity index (χ0v) is 10.5. The van der Waals surface area contributed by atoms with Crippen LogP contribution in [0, 0.1) is 0 Å². The number of carbonyl (C=O) groups excluding carboxylic acids is 2. The Labute approximate surface area is 113 Å². The highest BCUT2D eigenvalue weighted by molar-refractivity contribution is 6.04. The van der Waals surface area contributed by atoms with E-state index in [0.717, 1.165) is 5.39 Å². The van der Waals surface area contributed by atoms with Crippen LogP contribution in [-0.4, -0.2) is 27.9 Å². The van der Waals surface area contributed by atoms with Crippen LogP contribution in [-0.2, 0) is 9.59 Å². The van der Waals surface area contributed by atoms with Gasteiger partial charge in [-0.1, -0.05) is 12.1 Å². The van der Waals surface area contributed by atoms with E-state index in [0.29, 0.717) is 17.6 Å². The van der Waals surface area contributed by atoms with Crippen molar-refractivity contribution in [3.05, 3.63) is 35.5 Å². The first kappa shape index (κ1) is 12.4. The molecule has 0 saturated carbocycles. The average molecular weight is 272 g/mol. The standard InChI is InChI=1S/C14H12N2O4/c17-11-5-4-8(13(18)16-11)10-6-7-2-1-3-9(14(19)20)12(7)15-10/h1-3,6,8,15H,4-5H2,(H,19,20)(H,16,17,18). The van der Waals surface area contributed by atoms with Crippen LogP contribution in [0.25, 0.3) is 10.9 Å². The second kappa shape index (κ2) is 4.48. The fourth-order valence-electron chi connectivity index (χ4n) is 2.53. The van der Waals surface area contributed by atoms with Crippen molar-refractivity contribution in [1.29, 1.82) is 0 Å². The lowest BCUT2D eigenvalue weighted by atomic mass is 9.95. The highest BCUT2D eigenvalue weighted by Crippen LogP contribution is 2.28. The number of hydrogen-bond donors (Lipinski definition) is 3. The summed E-state index contributed by atoms with van der Waals surface area (Å²) < 4.78 is 0. The zero-order chi connectivity index (χ0) is 14.3. The van der Waals surface area contributed by atoms with Gasteiger partial charge >= 0.3 is 5.97 Å². The summed E-state index contributed by atoms with van der Waals surface area (Å²) in [5.41, 5.74) is 1.31. The molecule has 2 heterocycles. The number of benzene rings is 1. The van der Waals surface area contributed by atoms with E-state index in [1.165, 1.54) is 6.07 Å². The minimum Gasteiger partial charge on any atom is -0.478 e. The van der Waals surface area contributed by atoms with Gasteiger partial charge in [0.25, 0.3) is 0 Å². The number of hydrogen-bond acceptors (Lipinski definition) is 3. The van der Waals surface area contributed by atoms with E-state index >= 15 is 0 Å². The molecule has 1 aliphatic rings. The van der Waals surface area contributed by atoms with Gasteiger partial charge in [0.1, 0.15) is 0 Å². The van der Waals surface area contributed by atoms with Gasteiger partial charge in [-0.15, -0.1) is 0 Å². The van der Waals surface area contributed by atoms with Crippen LogP contribution in [0.15, 0.2) is 24.3 Å². The molecule has 0 bridgehead atoms. The fraction of sp³-hybridized carbons (Fsp3) is 0.214. The van der Waals surface area contributed by atoms with Crippen molar-refractivity contribution in [2.24, 2.45) is 0 Å². The highest BCUT2D eigenvalue weighted by atomic mass is 16.4. The van der Waals surface area contributed by atoms with Crippen LogP contribution < -0.4 is 5.32 Å². The van der Waals surface area contributed by atoms with Crippen molar-refractivity contribution < 1.29 is 19.5 Å². The Morgan fingerprint density at radius 3 is 2.80 bits per heavy atom. The number of rotatable bonds is 2. The largest absolute Gasteiger partial charge is 0.478 e. The Hall–Kier alpha value is -2.63. The maximum Gasteiger partial charge on any atom is 0.337 e. The molecule has 6 heteroatoms. The predicted octanol–water partition coefficient (Wildman–Crippen LogP) is 1.39. The number of H-pyrrole nitrogens is 1. The summed E-state index contributed by atoms with van der Waals surface area (Å²) in [6.45, 7) is 0. The molecule has 0 radical (unpaired) electrons. The zero-order valence-electron chi connectivity index (χ0n) is 10.5. The predicted molar refractivity (Wildman–Crippen MR) is 70.4 cm³/mol. The minimum absolute atomic E-state index is 0.168. The smallest absolute Gasteiger partial charge is 0.337 e. The third-order valence-electron chi connectivity index (χ3n) is 3.52. The summed E-state index contributed by atoms with van der Waals surface area (Å²) in [6.07, 6.45) is 0.720. The topological polar surface area (TPSA) is 99.3 Å². The number of aromatic amines is 1. The summed E-state index contributed by atoms with van der Waals surface area (Å²) in [6, 6.07) is 6.72. The van der Waals surface area contributed by atoms with E-state index in [1.54, 1.807) is 18.2 Å². The molecule has 0 aliphatic carbocycles. The number of carboxylic acids is 1. The van der Waals surface area contributed by atoms with Crippen LogP contribution in [0.3, 0.4) is 0 Å². The summed E-state index contributed by atoms with van der Waals surface area (Å²) in [5, 5.41) is 12.2. The number of piperidine rings is 1. The number of carbonyl (C=O) groups is 3. The van der Waals surface area contributed by atoms with Gasteiger partial charge in [-0.05, 0) is 18.6 Å². The van der Waals surface area contributed by atoms with Crippen LogP contribution in [0.5, 0.6) is 0 Å². The molecule has 1 aromatic carbocycles. The Bertz CT molecular complexity index is 732. The molecule has 1 atom stereocenters. The number of imide groups is 1. The van der Waals surface area contributed by atoms with E-state index in [-0.39, 0.29) is 23.8 Å². The second-order valence-electron chi connectivity index (χ2n) is 4.80. The normalized spacial score (nSPS) is 19.1. The number of fused-ring (bicyclic) bond motifs is 1. The molecule has 1 aromatic heterocycles. The fourth-order valence-corrected chi connectivity index (χ4v) is 2.53. The highest BCUT2D eigenvalue weighted by Gasteiger charge is 2.29. The summed E-state index contributed by atoms with van der Waals surface area (Å²) in [4.78, 5) is 37.1. The lowest BCUT2D eigenvalue weighted by Gasteiger charge is -2.19. The third kappa shape index (κ3) is 1.95. The number of amides is 2. The molecular formula is C14H12N2O4. The Morgan fingerprint density at radius 2 is 2.10 bits per heavy atom. The maximum absolute atomic E-state index is 11.8. The number of carboxylic acid groups (broad SMARTS) is 1. The molecule has 1 fully saturated rings. The van der Waals surface area contributed by atoms with Crippen molar-refractivity contribution in [2.45, 2.75) is 18.8 Å². The first-order chi connectivity index (χ1) is 9.56. The Kier molecular flexibility index (Phi) is 2.78. The van der Waals surface area contributed by atoms with Crippen molar-refractivity contribution in [2.75, 3.05) is 0 Å². The second-order valence-corrected chi connectivity index (χ2v) is 4.80. The van der Waals surface area contributed by atoms with Gasteiger partial charge in [-0.3, -0.25) is 14.9 Å². The Morgan fingerprint density at radius 1 is 1.30 bits per heavy atom. The molecule has 3 N–H and O–H groups in total. The molecule has 102 valence electrons. The first-order valence-corrected chi connectivity index (χ1v) is 6.25. The van der Waals surface area contributed by atoms with Crippen LogP contribution in [0.1, 0.15) is 34.8 Å². The molecule has 2 aromatic rings. The van der Waals surface area contributed by atoms with E-state index in [2.05, 4.69) is 10.3 Å². The van der Waals surface area contributed by atoms with E-state index in [9.17, 15) is 14.4 Å². The molecule has 1 unspecified atom stereocenters. The molecule has 1 aliphatic heterocycles. The van der Waals surface area contributed by atoms with E-state index in [4.69, 9.17) is 5.11 Å². The summed E-state index contributed by atoms with van der Waals surface area (Å²) in [5.74, 6) is -2.08. The number of aromatic carboxylic acids is 1. The molecule has 3 rings (SSSR count). The first-order valence-electron chi connectivity index (χ1n) is 6.25. The molecule has 2 amide bonds. The van der Waals surface area contributed by atoms with Crippen LogP contribution in [0.4, 0.5) is 0 Å². The van der Waals surface area contributed by atoms with Gasteiger partial charge < -0.3 is 10.1 Å². The van der Waals surface area contributed by atoms with Crippen molar-refractivity contribution in [3.8, 4) is 0 Å². The van der Waals surface area contributed by atoms with Gasteiger partial charge in [0.15, 0.2) is 0 Å². The molecule has 20 heavy (non-hydrogen) atoms. The van der Waals surface area contributed by atoms with Crippen molar-refractivity contribution in [3.63, 3.8) is 0 Å². The molecule has 1 saturated heterocycles. The minimum atomic E-state index is -1.02. The van der Waals surface area contributed by atoms with E-state index < -0.39 is 11.9 Å². The maximum atomic E-state index is 11.8. The average Bonchev–Trinajstić information content (AvgIpc) is 2.81. The summed E-state index contributed by atoms with van der Waals surface area (Å²) in [7, 11) is 0. The van der Waals surface area contributed by atoms with Gasteiger partial charge in [0.05, 0.1) is 17.0 Å². The van der Waals surface area contributed by atoms with Gasteiger partial charge in [0.2, 0.25) is 11.8 Å². The van der Waals surface area contributed by atoms with Gasteiger partial charge in [-0.2, -0.15) is 0 Å². The molecule has 0 spiro atoms. The molecular weight excluding hydrogens is 260 g/mol. The molecule has 6 nitrogen and oxygen atoms in total. The van der Waals surface area contributed by atoms with Crippen LogP contribution >= 0.6 is 0 Å². The van der Waals surface area contributed by atoms with Gasteiger partial charge in [-0.25, -0.2) is 4.79 Å². The monoisotopic (exact) mass is 272 g/mol. The van der Waals surface area contributed by atoms with E-state index in [1.807, 2.05) is 0 Å². The van der Waals surface area contributed by atoms with Crippen LogP contribution in [0.2, 0.25) is 0 Å². The SMILES string of the molecule is O=C1CCC(c2cc3cccc(C(=O)O)c3[nH]2)C(=O)N1. The lowest BCUT2D eigenvalue weighted by molar-refractivity contribution is -0.134. The van der Waals surface area contributed by atoms with Crippen molar-refractivity contribution in [1.82, 2.24) is 10.3 Å². The summed E-state index contributed by atoms with van der Waals surface area (Å²) >= 11 is 0. The van der Waals surface area contributed by atoms with Gasteiger partial charge in [0, 0.05) is 17.5 Å². The number of aromatic nitrogens is 1.